The van der Waals surface area contributed by atoms with Crippen molar-refractivity contribution >= 4 is 18.5 Å². The lowest BCUT2D eigenvalue weighted by atomic mass is 10.0. The van der Waals surface area contributed by atoms with Crippen LogP contribution in [0.1, 0.15) is 142 Å². The molecule has 0 aromatic heterocycles. The second-order valence-corrected chi connectivity index (χ2v) is 11.1. The molecule has 0 atom stereocenters. The fourth-order valence-corrected chi connectivity index (χ4v) is 4.00. The van der Waals surface area contributed by atoms with Gasteiger partial charge in [-0.25, -0.2) is 0 Å². The highest BCUT2D eigenvalue weighted by Crippen LogP contribution is 2.36. The van der Waals surface area contributed by atoms with Gasteiger partial charge >= 0.3 is 6.72 Å². The Labute approximate surface area is 194 Å². The molecule has 4 nitrogen and oxygen atoms in total. The van der Waals surface area contributed by atoms with Gasteiger partial charge in [-0.3, -0.25) is 0 Å². The van der Waals surface area contributed by atoms with Crippen LogP contribution in [0.5, 0.6) is 0 Å². The Kier molecular flexibility index (Phi) is 30.0. The second-order valence-electron chi connectivity index (χ2n) is 8.48. The molecule has 0 fully saturated rings. The Morgan fingerprint density at radius 1 is 0.567 bits per heavy atom. The Morgan fingerprint density at radius 3 is 1.17 bits per heavy atom. The number of hydrogen-bond donors (Lipinski definition) is 3. The zero-order chi connectivity index (χ0) is 22.8. The van der Waals surface area contributed by atoms with Crippen molar-refractivity contribution in [2.24, 2.45) is 5.73 Å². The first-order chi connectivity index (χ1) is 14.5. The first kappa shape index (κ1) is 32.7. The molecule has 0 aromatic carbocycles. The van der Waals surface area contributed by atoms with E-state index >= 15 is 0 Å². The summed E-state index contributed by atoms with van der Waals surface area (Å²) in [5.74, 6) is 0. The lowest BCUT2D eigenvalue weighted by Gasteiger charge is -2.07. The smallest absolute Gasteiger partial charge is 0.321 e. The molecule has 0 bridgehead atoms. The van der Waals surface area contributed by atoms with E-state index in [0.29, 0.717) is 6.61 Å². The van der Waals surface area contributed by atoms with E-state index in [4.69, 9.17) is 20.0 Å². The first-order valence-electron chi connectivity index (χ1n) is 12.9. The molecule has 0 saturated heterocycles. The van der Waals surface area contributed by atoms with Crippen molar-refractivity contribution in [3.63, 3.8) is 0 Å². The summed E-state index contributed by atoms with van der Waals surface area (Å²) in [6, 6.07) is 0. The van der Waals surface area contributed by atoms with E-state index in [1.165, 1.54) is 116 Å². The summed E-state index contributed by atoms with van der Waals surface area (Å²) in [4.78, 5) is 17.8. The first-order valence-corrected chi connectivity index (χ1v) is 15.5. The summed E-state index contributed by atoms with van der Waals surface area (Å²) in [6.45, 7) is 2.33. The normalized spacial score (nSPS) is 11.4. The predicted molar refractivity (Wildman–Crippen MR) is 137 cm³/mol. The quantitative estimate of drug-likeness (QED) is 0.111. The molecule has 0 aromatic rings. The minimum Gasteiger partial charge on any atom is -0.330 e. The average molecular weight is 468 g/mol. The van der Waals surface area contributed by atoms with Crippen LogP contribution in [0.25, 0.3) is 0 Å². The van der Waals surface area contributed by atoms with Gasteiger partial charge in [0.1, 0.15) is 0 Å². The van der Waals surface area contributed by atoms with Gasteiger partial charge in [0.05, 0.1) is 6.61 Å². The van der Waals surface area contributed by atoms with E-state index in [2.05, 4.69) is 25.7 Å². The molecule has 0 heterocycles. The molecule has 0 amide bonds. The fourth-order valence-electron chi connectivity index (χ4n) is 3.40. The maximum absolute atomic E-state index is 8.88. The van der Waals surface area contributed by atoms with Crippen molar-refractivity contribution < 1.29 is 14.3 Å². The van der Waals surface area contributed by atoms with Gasteiger partial charge in [-0.15, -0.1) is 0 Å². The van der Waals surface area contributed by atoms with E-state index in [0.717, 1.165) is 19.4 Å². The van der Waals surface area contributed by atoms with Crippen molar-refractivity contribution in [3.8, 4) is 0 Å². The van der Waals surface area contributed by atoms with E-state index in [1.807, 2.05) is 0 Å². The summed E-state index contributed by atoms with van der Waals surface area (Å²) >= 11 is 4.38. The van der Waals surface area contributed by atoms with Crippen LogP contribution in [-0.2, 0) is 16.3 Å². The van der Waals surface area contributed by atoms with Gasteiger partial charge in [0, 0.05) is 0 Å². The number of nitrogens with two attached hydrogens (primary N) is 1. The Balaban J connectivity index is 0. The van der Waals surface area contributed by atoms with E-state index < -0.39 is 6.72 Å². The van der Waals surface area contributed by atoms with Gasteiger partial charge in [-0.05, 0) is 31.2 Å². The van der Waals surface area contributed by atoms with Crippen LogP contribution in [0.4, 0.5) is 0 Å². The molecule has 30 heavy (non-hydrogen) atoms. The molecule has 0 unspecified atom stereocenters. The van der Waals surface area contributed by atoms with E-state index in [-0.39, 0.29) is 0 Å². The highest BCUT2D eigenvalue weighted by atomic mass is 32.5. The van der Waals surface area contributed by atoms with Crippen LogP contribution in [0, 0.1) is 0 Å². The van der Waals surface area contributed by atoms with Crippen molar-refractivity contribution in [1.82, 2.24) is 0 Å². The molecule has 0 spiro atoms. The highest BCUT2D eigenvalue weighted by molar-refractivity contribution is 8.06. The van der Waals surface area contributed by atoms with Crippen LogP contribution >= 0.6 is 6.72 Å². The minimum atomic E-state index is -3.42. The number of rotatable bonds is 22. The number of unbranched alkanes of at least 4 members (excludes halogenated alkanes) is 18. The number of hydrogen-bond acceptors (Lipinski definition) is 3. The molecule has 0 saturated carbocycles. The molecule has 6 heteroatoms. The van der Waals surface area contributed by atoms with E-state index in [9.17, 15) is 0 Å². The van der Waals surface area contributed by atoms with Gasteiger partial charge < -0.3 is 20.0 Å². The van der Waals surface area contributed by atoms with E-state index in [1.54, 1.807) is 0 Å². The van der Waals surface area contributed by atoms with Crippen molar-refractivity contribution in [2.45, 2.75) is 142 Å². The molecule has 184 valence electrons. The zero-order valence-corrected chi connectivity index (χ0v) is 22.0. The molecule has 0 aliphatic rings. The lowest BCUT2D eigenvalue weighted by Crippen LogP contribution is -1.97. The molecule has 0 radical (unpaired) electrons. The van der Waals surface area contributed by atoms with Crippen molar-refractivity contribution in [2.75, 3.05) is 13.2 Å². The third-order valence-electron chi connectivity index (χ3n) is 5.32. The van der Waals surface area contributed by atoms with Crippen LogP contribution in [0.2, 0.25) is 0 Å². The van der Waals surface area contributed by atoms with Crippen molar-refractivity contribution in [1.29, 1.82) is 0 Å². The van der Waals surface area contributed by atoms with Crippen LogP contribution in [-0.4, -0.2) is 22.9 Å². The maximum atomic E-state index is 8.88. The Bertz CT molecular complexity index is 347. The largest absolute Gasteiger partial charge is 0.330 e. The summed E-state index contributed by atoms with van der Waals surface area (Å²) in [5, 5.41) is 0. The molecule has 0 rings (SSSR count). The van der Waals surface area contributed by atoms with Gasteiger partial charge in [-0.1, -0.05) is 129 Å². The van der Waals surface area contributed by atoms with Gasteiger partial charge in [0.25, 0.3) is 0 Å². The predicted octanol–water partition coefficient (Wildman–Crippen LogP) is 8.00. The maximum Gasteiger partial charge on any atom is 0.321 e. The third-order valence-corrected chi connectivity index (χ3v) is 6.15. The molecule has 0 aliphatic heterocycles. The second kappa shape index (κ2) is 27.5. The fraction of sp³-hybridized carbons (Fsp3) is 1.00. The minimum absolute atomic E-state index is 0.377. The van der Waals surface area contributed by atoms with Crippen LogP contribution in [0.3, 0.4) is 0 Å². The molecule has 0 aliphatic carbocycles. The summed E-state index contributed by atoms with van der Waals surface area (Å²) < 4.78 is 4.77. The Morgan fingerprint density at radius 2 is 0.867 bits per heavy atom. The van der Waals surface area contributed by atoms with Gasteiger partial charge in [0.15, 0.2) is 0 Å². The van der Waals surface area contributed by atoms with Gasteiger partial charge in [0.2, 0.25) is 0 Å². The summed E-state index contributed by atoms with van der Waals surface area (Å²) in [7, 11) is 0. The summed E-state index contributed by atoms with van der Waals surface area (Å²) in [5.41, 5.74) is 5.34. The van der Waals surface area contributed by atoms with Crippen LogP contribution in [0.15, 0.2) is 0 Å². The molecular weight excluding hydrogens is 413 g/mol. The Hall–Kier alpha value is 0.490. The monoisotopic (exact) mass is 467 g/mol. The highest BCUT2D eigenvalue weighted by Gasteiger charge is 2.06. The molecule has 4 N–H and O–H groups in total. The lowest BCUT2D eigenvalue weighted by molar-refractivity contribution is 0.245. The third kappa shape index (κ3) is 35.9. The van der Waals surface area contributed by atoms with Crippen LogP contribution < -0.4 is 5.73 Å². The molecular formula is C24H54NO3PS. The topological polar surface area (TPSA) is 75.7 Å². The zero-order valence-electron chi connectivity index (χ0n) is 20.3. The van der Waals surface area contributed by atoms with Crippen molar-refractivity contribution in [3.05, 3.63) is 0 Å². The van der Waals surface area contributed by atoms with Gasteiger partial charge in [-0.2, -0.15) is 0 Å². The average Bonchev–Trinajstić information content (AvgIpc) is 2.70. The SMILES string of the molecule is CCCCCCCCCCCCCCCCOP(O)(O)=S.CCCCCCCCN. The standard InChI is InChI=1S/C16H35O3PS.C8H19N/c1-2-3-4-5-6-7-8-9-10-11-12-13-14-15-16-19-20(17,18)21;1-2-3-4-5-6-7-8-9/h2-16H2,1H3,(H2,17,18,21);2-9H2,1H3. The summed E-state index contributed by atoms with van der Waals surface area (Å²) in [6.07, 6.45) is 26.4.